The van der Waals surface area contributed by atoms with Gasteiger partial charge in [0.25, 0.3) is 13.9 Å². The molecule has 0 aliphatic carbocycles. The second kappa shape index (κ2) is 13.1. The molecule has 2 aromatic carbocycles. The number of aromatic nitrogens is 4. The van der Waals surface area contributed by atoms with Crippen molar-refractivity contribution in [2.75, 3.05) is 34.9 Å². The zero-order valence-corrected chi connectivity index (χ0v) is 27.2. The highest BCUT2D eigenvalue weighted by Gasteiger charge is 2.57. The second-order valence-electron chi connectivity index (χ2n) is 11.9. The lowest BCUT2D eigenvalue weighted by Crippen LogP contribution is -2.69. The smallest absolute Gasteiger partial charge is 0.280 e. The van der Waals surface area contributed by atoms with E-state index in [2.05, 4.69) is 94.7 Å². The molecule has 1 saturated heterocycles. The molecule has 12 nitrogen and oxygen atoms in total. The first kappa shape index (κ1) is 31.7. The van der Waals surface area contributed by atoms with Crippen molar-refractivity contribution in [3.8, 4) is 0 Å². The first-order valence-electron chi connectivity index (χ1n) is 14.5. The van der Waals surface area contributed by atoms with Gasteiger partial charge >= 0.3 is 0 Å². The van der Waals surface area contributed by atoms with Crippen molar-refractivity contribution in [3.05, 3.63) is 77.3 Å². The van der Waals surface area contributed by atoms with Crippen LogP contribution in [0.4, 0.5) is 5.95 Å². The van der Waals surface area contributed by atoms with Gasteiger partial charge in [0.05, 0.1) is 19.3 Å². The molecule has 44 heavy (non-hydrogen) atoms. The van der Waals surface area contributed by atoms with Gasteiger partial charge in [0, 0.05) is 28.3 Å². The fraction of sp³-hybridized carbons (Fsp3) is 0.419. The Bertz CT molecular complexity index is 1580. The van der Waals surface area contributed by atoms with Gasteiger partial charge in [-0.15, -0.1) is 0 Å². The zero-order chi connectivity index (χ0) is 31.5. The SMILES string of the molecule is CNOC[C@H]1O[C@@H](n2cnc3c(=O)[nH]c(N=CN(C)C)nc32)[C@H](OC)[C@@H]1O[Si](c1ccccc1)(c1ccccc1)C(C)(C)C. The van der Waals surface area contributed by atoms with Gasteiger partial charge in [-0.05, 0) is 15.4 Å². The molecule has 0 saturated carbocycles. The lowest BCUT2D eigenvalue weighted by molar-refractivity contribution is -0.0823. The van der Waals surface area contributed by atoms with Gasteiger partial charge in [-0.2, -0.15) is 4.98 Å². The van der Waals surface area contributed by atoms with Crippen LogP contribution in [0.2, 0.25) is 5.04 Å². The lowest BCUT2D eigenvalue weighted by Gasteiger charge is -2.45. The van der Waals surface area contributed by atoms with E-state index in [9.17, 15) is 4.79 Å². The number of benzene rings is 2. The number of aliphatic imine (C=N–C) groups is 1. The average Bonchev–Trinajstić information content (AvgIpc) is 3.58. The second-order valence-corrected chi connectivity index (χ2v) is 16.2. The van der Waals surface area contributed by atoms with E-state index >= 15 is 0 Å². The van der Waals surface area contributed by atoms with E-state index in [4.69, 9.17) is 18.7 Å². The molecule has 0 spiro atoms. The number of hydrogen-bond acceptors (Lipinski definition) is 9. The Hall–Kier alpha value is -3.72. The topological polar surface area (TPSA) is 128 Å². The summed E-state index contributed by atoms with van der Waals surface area (Å²) in [6.07, 6.45) is 0.686. The van der Waals surface area contributed by atoms with E-state index in [0.29, 0.717) is 5.65 Å². The summed E-state index contributed by atoms with van der Waals surface area (Å²) in [4.78, 5) is 36.3. The average molecular weight is 620 g/mol. The Morgan fingerprint density at radius 1 is 1.09 bits per heavy atom. The number of aromatic amines is 1. The predicted molar refractivity (Wildman–Crippen MR) is 172 cm³/mol. The maximum atomic E-state index is 12.9. The van der Waals surface area contributed by atoms with Crippen LogP contribution in [0.3, 0.4) is 0 Å². The first-order valence-corrected chi connectivity index (χ1v) is 16.4. The Labute approximate surface area is 258 Å². The van der Waals surface area contributed by atoms with Crippen molar-refractivity contribution in [3.63, 3.8) is 0 Å². The molecule has 4 aromatic rings. The lowest BCUT2D eigenvalue weighted by atomic mass is 10.1. The van der Waals surface area contributed by atoms with Crippen molar-refractivity contribution < 1.29 is 18.7 Å². The highest BCUT2D eigenvalue weighted by molar-refractivity contribution is 6.99. The number of ether oxygens (including phenoxy) is 2. The van der Waals surface area contributed by atoms with Gasteiger partial charge in [-0.3, -0.25) is 19.2 Å². The molecule has 2 N–H and O–H groups in total. The molecule has 5 rings (SSSR count). The van der Waals surface area contributed by atoms with Crippen LogP contribution in [0.5, 0.6) is 0 Å². The summed E-state index contributed by atoms with van der Waals surface area (Å²) >= 11 is 0. The molecule has 1 fully saturated rings. The summed E-state index contributed by atoms with van der Waals surface area (Å²) in [6, 6.07) is 20.8. The molecule has 0 amide bonds. The minimum atomic E-state index is -3.02. The van der Waals surface area contributed by atoms with Crippen molar-refractivity contribution >= 4 is 42.1 Å². The van der Waals surface area contributed by atoms with Gasteiger partial charge in [-0.25, -0.2) is 15.5 Å². The summed E-state index contributed by atoms with van der Waals surface area (Å²) in [5, 5.41) is 1.99. The largest absolute Gasteiger partial charge is 0.399 e. The molecule has 0 bridgehead atoms. The summed E-state index contributed by atoms with van der Waals surface area (Å²) < 4.78 is 22.1. The molecule has 1 aliphatic rings. The highest BCUT2D eigenvalue weighted by Crippen LogP contribution is 2.42. The molecule has 13 heteroatoms. The fourth-order valence-electron chi connectivity index (χ4n) is 5.85. The van der Waals surface area contributed by atoms with Gasteiger partial charge < -0.3 is 18.8 Å². The molecule has 234 valence electrons. The third-order valence-electron chi connectivity index (χ3n) is 7.78. The number of methoxy groups -OCH3 is 1. The number of hydroxylamine groups is 1. The molecule has 0 radical (unpaired) electrons. The van der Waals surface area contributed by atoms with Crippen LogP contribution in [0.25, 0.3) is 11.2 Å². The number of rotatable bonds is 11. The number of nitrogens with zero attached hydrogens (tertiary/aromatic N) is 5. The predicted octanol–water partition coefficient (Wildman–Crippen LogP) is 2.35. The molecule has 1 aliphatic heterocycles. The van der Waals surface area contributed by atoms with E-state index in [1.165, 1.54) is 0 Å². The molecule has 0 unspecified atom stereocenters. The molecular weight excluding hydrogens is 578 g/mol. The number of nitrogens with one attached hydrogen (secondary N) is 2. The van der Waals surface area contributed by atoms with Gasteiger partial charge in [0.2, 0.25) is 5.95 Å². The van der Waals surface area contributed by atoms with Gasteiger partial charge in [0.15, 0.2) is 17.4 Å². The van der Waals surface area contributed by atoms with E-state index in [0.717, 1.165) is 10.4 Å². The van der Waals surface area contributed by atoms with Gasteiger partial charge in [0.1, 0.15) is 18.3 Å². The third-order valence-corrected chi connectivity index (χ3v) is 12.8. The summed E-state index contributed by atoms with van der Waals surface area (Å²) in [7, 11) is 3.99. The minimum Gasteiger partial charge on any atom is -0.399 e. The number of fused-ring (bicyclic) bond motifs is 1. The monoisotopic (exact) mass is 619 g/mol. The van der Waals surface area contributed by atoms with E-state index in [-0.39, 0.29) is 23.1 Å². The zero-order valence-electron chi connectivity index (χ0n) is 26.2. The Balaban J connectivity index is 1.64. The van der Waals surface area contributed by atoms with Crippen molar-refractivity contribution in [2.45, 2.75) is 50.3 Å². The Morgan fingerprint density at radius 3 is 2.27 bits per heavy atom. The van der Waals surface area contributed by atoms with Crippen LogP contribution in [-0.2, 0) is 18.7 Å². The molecule has 3 heterocycles. The summed E-state index contributed by atoms with van der Waals surface area (Å²) in [5.74, 6) is 0.153. The van der Waals surface area contributed by atoms with E-state index < -0.39 is 38.4 Å². The number of hydrogen-bond donors (Lipinski definition) is 2. The van der Waals surface area contributed by atoms with Crippen LogP contribution in [0, 0.1) is 0 Å². The van der Waals surface area contributed by atoms with Crippen molar-refractivity contribution in [1.29, 1.82) is 0 Å². The fourth-order valence-corrected chi connectivity index (χ4v) is 10.6. The van der Waals surface area contributed by atoms with Gasteiger partial charge in [-0.1, -0.05) is 81.4 Å². The minimum absolute atomic E-state index is 0.153. The molecule has 2 aromatic heterocycles. The van der Waals surface area contributed by atoms with Crippen molar-refractivity contribution in [2.24, 2.45) is 4.99 Å². The van der Waals surface area contributed by atoms with Crippen LogP contribution < -0.4 is 21.4 Å². The quantitative estimate of drug-likeness (QED) is 0.113. The standard InChI is InChI=1S/C31H41N7O5Si/c1-31(2,3)44(21-14-10-8-11-15-21,22-16-12-9-13-17-22)43-25-23(18-41-32-4)42-29(26(25)40-7)38-20-33-24-27(38)35-30(36-28(24)39)34-19-37(5)6/h8-17,19-20,23,25-26,29,32H,18H2,1-7H3,(H,35,36,39)/t23-,25-,26-,29-/m1/s1. The van der Waals surface area contributed by atoms with E-state index in [1.54, 1.807) is 36.3 Å². The summed E-state index contributed by atoms with van der Waals surface area (Å²) in [6.45, 7) is 6.86. The first-order chi connectivity index (χ1) is 21.1. The Morgan fingerprint density at radius 2 is 1.73 bits per heavy atom. The van der Waals surface area contributed by atoms with E-state index in [1.807, 2.05) is 26.2 Å². The normalized spacial score (nSPS) is 21.0. The summed E-state index contributed by atoms with van der Waals surface area (Å²) in [5.41, 5.74) is 2.86. The van der Waals surface area contributed by atoms with Crippen LogP contribution in [0.1, 0.15) is 27.0 Å². The number of H-pyrrole nitrogens is 1. The Kier molecular flexibility index (Phi) is 9.44. The molecular formula is C31H41N7O5Si. The maximum Gasteiger partial charge on any atom is 0.280 e. The third kappa shape index (κ3) is 5.98. The maximum absolute atomic E-state index is 12.9. The van der Waals surface area contributed by atoms with Crippen molar-refractivity contribution in [1.82, 2.24) is 29.9 Å². The number of imidazole rings is 1. The van der Waals surface area contributed by atoms with Crippen LogP contribution in [-0.4, -0.2) is 92.2 Å². The highest BCUT2D eigenvalue weighted by atomic mass is 28.4. The van der Waals surface area contributed by atoms with Crippen LogP contribution in [0.15, 0.2) is 76.8 Å². The van der Waals surface area contributed by atoms with Crippen LogP contribution >= 0.6 is 0 Å². The molecule has 4 atom stereocenters.